The second-order valence-electron chi connectivity index (χ2n) is 3.25. The highest BCUT2D eigenvalue weighted by molar-refractivity contribution is 6.50. The maximum Gasteiger partial charge on any atom is 0.673 e. The maximum absolute atomic E-state index is 11.6. The highest BCUT2D eigenvalue weighted by Gasteiger charge is 2.21. The number of carbonyl (C=O) groups is 1. The molecule has 0 saturated carbocycles. The van der Waals surface area contributed by atoms with Crippen molar-refractivity contribution >= 4 is 13.0 Å². The van der Waals surface area contributed by atoms with Gasteiger partial charge < -0.3 is 17.3 Å². The molecule has 0 amide bonds. The topological polar surface area (TPSA) is 21.4 Å². The first kappa shape index (κ1) is 16.2. The SMILES string of the molecule is CC#[N+]C(C)C(=O)c1ccccc1.F[B-](F)(F)F. The van der Waals surface area contributed by atoms with Crippen LogP contribution in [0.3, 0.4) is 0 Å². The fourth-order valence-corrected chi connectivity index (χ4v) is 1.10. The van der Waals surface area contributed by atoms with Gasteiger partial charge in [0.1, 0.15) is 0 Å². The summed E-state index contributed by atoms with van der Waals surface area (Å²) in [5.41, 5.74) is 0.703. The summed E-state index contributed by atoms with van der Waals surface area (Å²) in [6, 6.07) is 11.5. The first-order valence-corrected chi connectivity index (χ1v) is 5.09. The summed E-state index contributed by atoms with van der Waals surface area (Å²) in [5.74, 6) is 0.0370. The van der Waals surface area contributed by atoms with Gasteiger partial charge in [-0.05, 0) is 0 Å². The van der Waals surface area contributed by atoms with Gasteiger partial charge in [-0.1, -0.05) is 35.2 Å². The van der Waals surface area contributed by atoms with E-state index in [-0.39, 0.29) is 11.8 Å². The molecule has 0 radical (unpaired) electrons. The van der Waals surface area contributed by atoms with E-state index in [0.29, 0.717) is 5.56 Å². The number of hydrogen-bond acceptors (Lipinski definition) is 1. The third kappa shape index (κ3) is 8.33. The van der Waals surface area contributed by atoms with E-state index >= 15 is 0 Å². The van der Waals surface area contributed by atoms with Gasteiger partial charge in [0.2, 0.25) is 5.78 Å². The normalized spacial score (nSPS) is 11.4. The number of ketones is 1. The lowest BCUT2D eigenvalue weighted by Gasteiger charge is -1.94. The maximum atomic E-state index is 11.6. The average Bonchev–Trinajstić information content (AvgIpc) is 2.27. The van der Waals surface area contributed by atoms with Crippen molar-refractivity contribution in [3.05, 3.63) is 40.7 Å². The van der Waals surface area contributed by atoms with Crippen molar-refractivity contribution in [1.29, 1.82) is 0 Å². The van der Waals surface area contributed by atoms with Crippen LogP contribution in [0.15, 0.2) is 30.3 Å². The Bertz CT molecular complexity index is 430. The zero-order valence-corrected chi connectivity index (χ0v) is 9.91. The van der Waals surface area contributed by atoms with E-state index in [0.717, 1.165) is 0 Å². The minimum atomic E-state index is -6.00. The second-order valence-corrected chi connectivity index (χ2v) is 3.25. The van der Waals surface area contributed by atoms with E-state index in [9.17, 15) is 22.1 Å². The largest absolute Gasteiger partial charge is 0.673 e. The summed E-state index contributed by atoms with van der Waals surface area (Å²) in [5, 5.41) is 0. The summed E-state index contributed by atoms with van der Waals surface area (Å²) >= 11 is 0. The number of carbonyl (C=O) groups excluding carboxylic acids is 1. The Morgan fingerprint density at radius 2 is 1.67 bits per heavy atom. The van der Waals surface area contributed by atoms with Crippen LogP contribution >= 0.6 is 0 Å². The van der Waals surface area contributed by atoms with Crippen molar-refractivity contribution in [2.45, 2.75) is 19.9 Å². The molecule has 0 fully saturated rings. The van der Waals surface area contributed by atoms with Crippen LogP contribution in [-0.4, -0.2) is 19.1 Å². The standard InChI is InChI=1S/C11H12NO.BF4/c1-3-12-9(2)11(13)10-7-5-4-6-8-10;2-1(3,4)5/h4-9H,1-2H3;/q+1;-1. The number of Topliss-reactive ketones (excluding diaryl/α,β-unsaturated/α-hetero) is 1. The van der Waals surface area contributed by atoms with Gasteiger partial charge in [0, 0.05) is 12.5 Å². The molecule has 0 bridgehead atoms. The molecular weight excluding hydrogens is 249 g/mol. The van der Waals surface area contributed by atoms with E-state index in [4.69, 9.17) is 0 Å². The van der Waals surface area contributed by atoms with Crippen LogP contribution in [-0.2, 0) is 0 Å². The van der Waals surface area contributed by atoms with Crippen LogP contribution in [0.1, 0.15) is 24.2 Å². The fourth-order valence-electron chi connectivity index (χ4n) is 1.10. The molecule has 7 heteroatoms. The van der Waals surface area contributed by atoms with E-state index in [1.165, 1.54) is 0 Å². The van der Waals surface area contributed by atoms with Gasteiger partial charge in [-0.2, -0.15) is 0 Å². The summed E-state index contributed by atoms with van der Waals surface area (Å²) in [4.78, 5) is 15.5. The highest BCUT2D eigenvalue weighted by Crippen LogP contribution is 2.06. The monoisotopic (exact) mass is 261 g/mol. The molecule has 1 aromatic rings. The van der Waals surface area contributed by atoms with Crippen molar-refractivity contribution < 1.29 is 22.1 Å². The Kier molecular flexibility index (Phi) is 6.72. The summed E-state index contributed by atoms with van der Waals surface area (Å²) in [6.45, 7) is 3.46. The first-order chi connectivity index (χ1) is 8.25. The molecule has 1 atom stereocenters. The Balaban J connectivity index is 0.000000494. The van der Waals surface area contributed by atoms with Gasteiger partial charge in [0.05, 0.1) is 6.92 Å². The lowest BCUT2D eigenvalue weighted by Crippen LogP contribution is -2.12. The molecule has 18 heavy (non-hydrogen) atoms. The first-order valence-electron chi connectivity index (χ1n) is 5.09. The molecule has 0 heterocycles. The Morgan fingerprint density at radius 3 is 2.06 bits per heavy atom. The van der Waals surface area contributed by atoms with E-state index in [2.05, 4.69) is 10.9 Å². The molecular formula is C11H12BF4NO. The highest BCUT2D eigenvalue weighted by atomic mass is 19.5. The number of benzene rings is 1. The van der Waals surface area contributed by atoms with Crippen LogP contribution in [0.5, 0.6) is 0 Å². The van der Waals surface area contributed by atoms with E-state index < -0.39 is 7.25 Å². The van der Waals surface area contributed by atoms with Gasteiger partial charge in [-0.15, -0.1) is 0 Å². The predicted molar refractivity (Wildman–Crippen MR) is 63.3 cm³/mol. The number of nitrogens with zero attached hydrogens (tertiary/aromatic N) is 1. The Hall–Kier alpha value is -1.84. The van der Waals surface area contributed by atoms with Crippen molar-refractivity contribution in [1.82, 2.24) is 0 Å². The van der Waals surface area contributed by atoms with Crippen LogP contribution in [0, 0.1) is 6.07 Å². The Labute approximate surface area is 103 Å². The number of hydrogen-bond donors (Lipinski definition) is 0. The molecule has 0 aliphatic heterocycles. The van der Waals surface area contributed by atoms with E-state index in [1.807, 2.05) is 18.2 Å². The molecule has 1 aromatic carbocycles. The minimum Gasteiger partial charge on any atom is -0.418 e. The fraction of sp³-hybridized carbons (Fsp3) is 0.273. The zero-order chi connectivity index (χ0) is 14.2. The molecule has 0 spiro atoms. The molecule has 1 unspecified atom stereocenters. The van der Waals surface area contributed by atoms with Gasteiger partial charge in [0.15, 0.2) is 0 Å². The third-order valence-corrected chi connectivity index (χ3v) is 1.76. The quantitative estimate of drug-likeness (QED) is 0.449. The van der Waals surface area contributed by atoms with Crippen LogP contribution < -0.4 is 0 Å². The molecule has 0 saturated heterocycles. The van der Waals surface area contributed by atoms with Crippen LogP contribution in [0.2, 0.25) is 0 Å². The van der Waals surface area contributed by atoms with Gasteiger partial charge in [-0.3, -0.25) is 4.79 Å². The smallest absolute Gasteiger partial charge is 0.418 e. The minimum absolute atomic E-state index is 0.0370. The van der Waals surface area contributed by atoms with Gasteiger partial charge >= 0.3 is 13.3 Å². The predicted octanol–water partition coefficient (Wildman–Crippen LogP) is 3.91. The lowest BCUT2D eigenvalue weighted by atomic mass is 10.1. The Morgan fingerprint density at radius 1 is 1.22 bits per heavy atom. The zero-order valence-electron chi connectivity index (χ0n) is 9.91. The lowest BCUT2D eigenvalue weighted by molar-refractivity contribution is 0.0981. The van der Waals surface area contributed by atoms with Gasteiger partial charge in [-0.25, -0.2) is 0 Å². The molecule has 0 N–H and O–H groups in total. The third-order valence-electron chi connectivity index (χ3n) is 1.76. The average molecular weight is 261 g/mol. The summed E-state index contributed by atoms with van der Waals surface area (Å²) < 4.78 is 39.0. The molecule has 0 aliphatic carbocycles. The van der Waals surface area contributed by atoms with Crippen molar-refractivity contribution in [3.8, 4) is 6.07 Å². The molecule has 0 aromatic heterocycles. The molecule has 0 aliphatic rings. The summed E-state index contributed by atoms with van der Waals surface area (Å²) in [6.07, 6.45) is 0. The second kappa shape index (κ2) is 7.48. The van der Waals surface area contributed by atoms with Gasteiger partial charge in [0.25, 0.3) is 6.07 Å². The van der Waals surface area contributed by atoms with Crippen LogP contribution in [0.25, 0.3) is 4.85 Å². The van der Waals surface area contributed by atoms with Crippen molar-refractivity contribution in [2.24, 2.45) is 0 Å². The summed E-state index contributed by atoms with van der Waals surface area (Å²) in [7, 11) is -6.00. The molecule has 2 nitrogen and oxygen atoms in total. The molecule has 1 rings (SSSR count). The van der Waals surface area contributed by atoms with E-state index in [1.54, 1.807) is 26.0 Å². The van der Waals surface area contributed by atoms with Crippen molar-refractivity contribution in [3.63, 3.8) is 0 Å². The molecule has 98 valence electrons. The van der Waals surface area contributed by atoms with Crippen molar-refractivity contribution in [2.75, 3.05) is 0 Å². The number of halogens is 4. The number of rotatable bonds is 2. The van der Waals surface area contributed by atoms with Crippen LogP contribution in [0.4, 0.5) is 17.3 Å².